The van der Waals surface area contributed by atoms with E-state index < -0.39 is 17.7 Å². The number of carbonyl (C=O) groups is 2. The molecule has 0 spiro atoms. The molecule has 1 unspecified atom stereocenters. The summed E-state index contributed by atoms with van der Waals surface area (Å²) in [5.41, 5.74) is 3.21. The van der Waals surface area contributed by atoms with Gasteiger partial charge in [0.05, 0.1) is 25.3 Å². The van der Waals surface area contributed by atoms with Crippen LogP contribution in [0, 0.1) is 6.92 Å². The van der Waals surface area contributed by atoms with E-state index in [4.69, 9.17) is 9.47 Å². The normalized spacial score (nSPS) is 16.9. The van der Waals surface area contributed by atoms with Crippen LogP contribution < -0.4 is 9.47 Å². The van der Waals surface area contributed by atoms with Gasteiger partial charge in [-0.1, -0.05) is 49.4 Å². The summed E-state index contributed by atoms with van der Waals surface area (Å²) < 4.78 is 11.0. The van der Waals surface area contributed by atoms with E-state index in [0.29, 0.717) is 25.1 Å². The molecule has 0 saturated carbocycles. The number of ketones is 1. The molecule has 0 radical (unpaired) electrons. The lowest BCUT2D eigenvalue weighted by molar-refractivity contribution is -0.139. The fraction of sp³-hybridized carbons (Fsp3) is 0.267. The van der Waals surface area contributed by atoms with Crippen molar-refractivity contribution in [3.8, 4) is 11.5 Å². The Morgan fingerprint density at radius 2 is 1.72 bits per heavy atom. The number of carbonyl (C=O) groups excluding carboxylic acids is 2. The summed E-state index contributed by atoms with van der Waals surface area (Å²) in [6, 6.07) is 21.6. The predicted octanol–water partition coefficient (Wildman–Crippen LogP) is 5.46. The third-order valence-corrected chi connectivity index (χ3v) is 6.37. The lowest BCUT2D eigenvalue weighted by Gasteiger charge is -2.25. The number of amides is 1. The van der Waals surface area contributed by atoms with Crippen LogP contribution >= 0.6 is 0 Å². The number of likely N-dealkylation sites (tertiary alicyclic amines) is 1. The third kappa shape index (κ3) is 5.13. The molecule has 1 N–H and O–H groups in total. The maximum atomic E-state index is 13.3. The lowest BCUT2D eigenvalue weighted by Crippen LogP contribution is -2.31. The van der Waals surface area contributed by atoms with Gasteiger partial charge in [0, 0.05) is 12.1 Å². The van der Waals surface area contributed by atoms with Crippen molar-refractivity contribution >= 4 is 17.4 Å². The molecule has 1 fully saturated rings. The summed E-state index contributed by atoms with van der Waals surface area (Å²) in [5.74, 6) is 0.00992. The van der Waals surface area contributed by atoms with Gasteiger partial charge in [-0.15, -0.1) is 0 Å². The number of hydrogen-bond donors (Lipinski definition) is 1. The van der Waals surface area contributed by atoms with Crippen molar-refractivity contribution in [2.75, 3.05) is 20.3 Å². The number of Topliss-reactive ketones (excluding diaryl/α,β-unsaturated/α-hetero) is 1. The van der Waals surface area contributed by atoms with Crippen LogP contribution in [0.25, 0.3) is 5.76 Å². The largest absolute Gasteiger partial charge is 0.507 e. The number of hydrogen-bond acceptors (Lipinski definition) is 5. The molecule has 186 valence electrons. The molecule has 1 saturated heterocycles. The zero-order valence-electron chi connectivity index (χ0n) is 20.9. The Morgan fingerprint density at radius 3 is 2.36 bits per heavy atom. The average Bonchev–Trinajstić information content (AvgIpc) is 3.16. The second kappa shape index (κ2) is 11.1. The Kier molecular flexibility index (Phi) is 7.74. The topological polar surface area (TPSA) is 76.1 Å². The Labute approximate surface area is 211 Å². The molecule has 1 atom stereocenters. The van der Waals surface area contributed by atoms with Crippen molar-refractivity contribution in [2.24, 2.45) is 0 Å². The Morgan fingerprint density at radius 1 is 1.00 bits per heavy atom. The van der Waals surface area contributed by atoms with Gasteiger partial charge in [0.25, 0.3) is 11.7 Å². The van der Waals surface area contributed by atoms with Crippen molar-refractivity contribution in [1.82, 2.24) is 4.90 Å². The number of benzene rings is 3. The third-order valence-electron chi connectivity index (χ3n) is 6.37. The van der Waals surface area contributed by atoms with E-state index >= 15 is 0 Å². The first-order valence-electron chi connectivity index (χ1n) is 12.1. The minimum absolute atomic E-state index is 0.0996. The second-order valence-corrected chi connectivity index (χ2v) is 8.83. The van der Waals surface area contributed by atoms with E-state index in [1.54, 1.807) is 30.2 Å². The molecular weight excluding hydrogens is 454 g/mol. The molecule has 0 aromatic heterocycles. The number of aryl methyl sites for hydroxylation is 1. The van der Waals surface area contributed by atoms with E-state index in [2.05, 4.69) is 0 Å². The summed E-state index contributed by atoms with van der Waals surface area (Å²) in [4.78, 5) is 28.0. The highest BCUT2D eigenvalue weighted by Gasteiger charge is 2.45. The van der Waals surface area contributed by atoms with Crippen molar-refractivity contribution < 1.29 is 24.2 Å². The zero-order chi connectivity index (χ0) is 25.7. The SMILES string of the molecule is CCCOc1ccc(/C(O)=C2/C(=O)C(=O)N(CCc3ccc(OC)cc3)C2c2ccccc2)cc1C. The van der Waals surface area contributed by atoms with E-state index in [9.17, 15) is 14.7 Å². The maximum Gasteiger partial charge on any atom is 0.295 e. The first-order valence-corrected chi connectivity index (χ1v) is 12.1. The average molecular weight is 486 g/mol. The summed E-state index contributed by atoms with van der Waals surface area (Å²) in [5, 5.41) is 11.3. The Hall–Kier alpha value is -4.06. The quantitative estimate of drug-likeness (QED) is 0.248. The van der Waals surface area contributed by atoms with Gasteiger partial charge in [-0.2, -0.15) is 0 Å². The predicted molar refractivity (Wildman–Crippen MR) is 139 cm³/mol. The standard InChI is InChI=1S/C30H31NO5/c1-4-18-36-25-15-12-23(19-20(25)2)28(32)26-27(22-8-6-5-7-9-22)31(30(34)29(26)33)17-16-21-10-13-24(35-3)14-11-21/h5-15,19,27,32H,4,16-18H2,1-3H3/b28-26-. The van der Waals surface area contributed by atoms with Crippen LogP contribution in [0.2, 0.25) is 0 Å². The van der Waals surface area contributed by atoms with Crippen LogP contribution in [0.4, 0.5) is 0 Å². The molecule has 6 nitrogen and oxygen atoms in total. The van der Waals surface area contributed by atoms with Crippen molar-refractivity contribution in [3.05, 3.63) is 101 Å². The van der Waals surface area contributed by atoms with Crippen LogP contribution in [-0.4, -0.2) is 42.0 Å². The molecule has 1 aliphatic rings. The number of aliphatic hydroxyl groups excluding tert-OH is 1. The lowest BCUT2D eigenvalue weighted by atomic mass is 9.94. The molecule has 1 heterocycles. The highest BCUT2D eigenvalue weighted by atomic mass is 16.5. The van der Waals surface area contributed by atoms with Crippen LogP contribution in [0.15, 0.2) is 78.4 Å². The van der Waals surface area contributed by atoms with Gasteiger partial charge in [0.1, 0.15) is 17.3 Å². The van der Waals surface area contributed by atoms with Gasteiger partial charge < -0.3 is 19.5 Å². The molecule has 3 aromatic rings. The maximum absolute atomic E-state index is 13.3. The van der Waals surface area contributed by atoms with E-state index in [0.717, 1.165) is 34.6 Å². The van der Waals surface area contributed by atoms with Crippen molar-refractivity contribution in [1.29, 1.82) is 0 Å². The van der Waals surface area contributed by atoms with Crippen LogP contribution in [-0.2, 0) is 16.0 Å². The van der Waals surface area contributed by atoms with Gasteiger partial charge in [-0.25, -0.2) is 0 Å². The first kappa shape index (κ1) is 25.0. The van der Waals surface area contributed by atoms with Crippen molar-refractivity contribution in [3.63, 3.8) is 0 Å². The number of nitrogens with zero attached hydrogens (tertiary/aromatic N) is 1. The van der Waals surface area contributed by atoms with Gasteiger partial charge in [0.15, 0.2) is 0 Å². The minimum atomic E-state index is -0.681. The number of ether oxygens (including phenoxy) is 2. The Balaban J connectivity index is 1.70. The number of aliphatic hydroxyl groups is 1. The fourth-order valence-corrected chi connectivity index (χ4v) is 4.46. The second-order valence-electron chi connectivity index (χ2n) is 8.83. The molecule has 4 rings (SSSR count). The highest BCUT2D eigenvalue weighted by Crippen LogP contribution is 2.40. The first-order chi connectivity index (χ1) is 17.4. The fourth-order valence-electron chi connectivity index (χ4n) is 4.46. The van der Waals surface area contributed by atoms with E-state index in [1.807, 2.05) is 68.4 Å². The monoisotopic (exact) mass is 485 g/mol. The molecule has 3 aromatic carbocycles. The molecule has 6 heteroatoms. The molecular formula is C30H31NO5. The number of rotatable bonds is 9. The summed E-state index contributed by atoms with van der Waals surface area (Å²) >= 11 is 0. The summed E-state index contributed by atoms with van der Waals surface area (Å²) in [6.07, 6.45) is 1.45. The molecule has 1 amide bonds. The summed E-state index contributed by atoms with van der Waals surface area (Å²) in [7, 11) is 1.61. The van der Waals surface area contributed by atoms with Crippen molar-refractivity contribution in [2.45, 2.75) is 32.7 Å². The van der Waals surface area contributed by atoms with E-state index in [1.165, 1.54) is 0 Å². The molecule has 0 bridgehead atoms. The van der Waals surface area contributed by atoms with Crippen LogP contribution in [0.1, 0.15) is 41.6 Å². The van der Waals surface area contributed by atoms with Gasteiger partial charge in [0.2, 0.25) is 0 Å². The van der Waals surface area contributed by atoms with Gasteiger partial charge in [-0.05, 0) is 66.8 Å². The summed E-state index contributed by atoms with van der Waals surface area (Å²) in [6.45, 7) is 4.85. The zero-order valence-corrected chi connectivity index (χ0v) is 20.9. The Bertz CT molecular complexity index is 1260. The van der Waals surface area contributed by atoms with Crippen LogP contribution in [0.3, 0.4) is 0 Å². The van der Waals surface area contributed by atoms with Gasteiger partial charge in [-0.3, -0.25) is 9.59 Å². The molecule has 0 aliphatic carbocycles. The van der Waals surface area contributed by atoms with Crippen LogP contribution in [0.5, 0.6) is 11.5 Å². The molecule has 36 heavy (non-hydrogen) atoms. The van der Waals surface area contributed by atoms with Gasteiger partial charge >= 0.3 is 0 Å². The smallest absolute Gasteiger partial charge is 0.295 e. The van der Waals surface area contributed by atoms with E-state index in [-0.39, 0.29) is 11.3 Å². The molecule has 1 aliphatic heterocycles. The number of methoxy groups -OCH3 is 1. The highest BCUT2D eigenvalue weighted by molar-refractivity contribution is 6.46. The minimum Gasteiger partial charge on any atom is -0.507 e.